The van der Waals surface area contributed by atoms with Crippen molar-refractivity contribution in [3.05, 3.63) is 30.6 Å². The number of amides is 1. The summed E-state index contributed by atoms with van der Waals surface area (Å²) in [4.78, 5) is 21.3. The van der Waals surface area contributed by atoms with Gasteiger partial charge in [-0.3, -0.25) is 4.79 Å². The summed E-state index contributed by atoms with van der Waals surface area (Å²) in [6.07, 6.45) is 2.75. The SMILES string of the molecule is COc1ccnc(OC)c1-c1cn(COCC[Si](C)(C)C)c2nc(NC(=O)C3CC3F)ccc12. The molecule has 1 N–H and O–H groups in total. The number of carbonyl (C=O) groups excluding carboxylic acids is 1. The molecule has 1 aliphatic carbocycles. The molecule has 1 fully saturated rings. The molecule has 1 amide bonds. The molecule has 0 aliphatic heterocycles. The number of fused-ring (bicyclic) bond motifs is 1. The number of alkyl halides is 1. The van der Waals surface area contributed by atoms with Gasteiger partial charge in [0, 0.05) is 38.0 Å². The highest BCUT2D eigenvalue weighted by molar-refractivity contribution is 6.76. The van der Waals surface area contributed by atoms with E-state index in [2.05, 4.69) is 34.9 Å². The van der Waals surface area contributed by atoms with Crippen LogP contribution in [0, 0.1) is 5.92 Å². The third-order valence-corrected chi connectivity index (χ3v) is 7.51. The minimum Gasteiger partial charge on any atom is -0.496 e. The molecule has 1 aliphatic rings. The fourth-order valence-corrected chi connectivity index (χ4v) is 4.48. The molecule has 3 heterocycles. The van der Waals surface area contributed by atoms with E-state index in [9.17, 15) is 9.18 Å². The zero-order valence-electron chi connectivity index (χ0n) is 20.2. The van der Waals surface area contributed by atoms with Crippen LogP contribution in [0.3, 0.4) is 0 Å². The monoisotopic (exact) mass is 486 g/mol. The maximum atomic E-state index is 13.3. The fourth-order valence-electron chi connectivity index (χ4n) is 3.73. The van der Waals surface area contributed by atoms with Gasteiger partial charge in [0.2, 0.25) is 11.8 Å². The van der Waals surface area contributed by atoms with Crippen molar-refractivity contribution in [1.29, 1.82) is 0 Å². The quantitative estimate of drug-likeness (QED) is 0.329. The molecule has 0 saturated heterocycles. The topological polar surface area (TPSA) is 87.5 Å². The first kappa shape index (κ1) is 24.2. The lowest BCUT2D eigenvalue weighted by Gasteiger charge is -2.15. The van der Waals surface area contributed by atoms with Crippen LogP contribution in [0.4, 0.5) is 10.2 Å². The number of halogens is 1. The minimum absolute atomic E-state index is 0.264. The number of methoxy groups -OCH3 is 2. The van der Waals surface area contributed by atoms with Crippen LogP contribution in [0.2, 0.25) is 25.7 Å². The van der Waals surface area contributed by atoms with Gasteiger partial charge in [-0.25, -0.2) is 14.4 Å². The first-order valence-electron chi connectivity index (χ1n) is 11.3. The Morgan fingerprint density at radius 2 is 2.00 bits per heavy atom. The summed E-state index contributed by atoms with van der Waals surface area (Å²) in [6.45, 7) is 7.86. The van der Waals surface area contributed by atoms with E-state index in [4.69, 9.17) is 14.2 Å². The van der Waals surface area contributed by atoms with Gasteiger partial charge in [0.25, 0.3) is 0 Å². The number of anilines is 1. The second-order valence-corrected chi connectivity index (χ2v) is 15.3. The van der Waals surface area contributed by atoms with E-state index in [1.54, 1.807) is 32.5 Å². The van der Waals surface area contributed by atoms with Crippen LogP contribution < -0.4 is 14.8 Å². The van der Waals surface area contributed by atoms with Gasteiger partial charge in [-0.05, 0) is 30.7 Å². The summed E-state index contributed by atoms with van der Waals surface area (Å²) in [5.74, 6) is 0.479. The normalized spacial score (nSPS) is 17.6. The largest absolute Gasteiger partial charge is 0.496 e. The smallest absolute Gasteiger partial charge is 0.231 e. The van der Waals surface area contributed by atoms with Crippen molar-refractivity contribution in [2.75, 3.05) is 26.1 Å². The predicted octanol–water partition coefficient (Wildman–Crippen LogP) is 4.72. The Bertz CT molecular complexity index is 1170. The molecular formula is C24H31FN4O4Si. The third kappa shape index (κ3) is 5.23. The van der Waals surface area contributed by atoms with Gasteiger partial charge in [-0.1, -0.05) is 19.6 Å². The number of nitrogens with one attached hydrogen (secondary N) is 1. The number of nitrogens with zero attached hydrogens (tertiary/aromatic N) is 3. The van der Waals surface area contributed by atoms with Crippen LogP contribution in [0.15, 0.2) is 30.6 Å². The van der Waals surface area contributed by atoms with E-state index < -0.39 is 20.2 Å². The molecule has 0 spiro atoms. The maximum absolute atomic E-state index is 13.3. The van der Waals surface area contributed by atoms with Gasteiger partial charge < -0.3 is 24.1 Å². The van der Waals surface area contributed by atoms with E-state index in [0.717, 1.165) is 17.0 Å². The average molecular weight is 487 g/mol. The van der Waals surface area contributed by atoms with Crippen molar-refractivity contribution in [3.8, 4) is 22.8 Å². The Kier molecular flexibility index (Phi) is 6.90. The lowest BCUT2D eigenvalue weighted by atomic mass is 10.1. The number of ether oxygens (including phenoxy) is 3. The van der Waals surface area contributed by atoms with Crippen molar-refractivity contribution >= 4 is 30.8 Å². The molecule has 0 radical (unpaired) electrons. The molecule has 0 bridgehead atoms. The van der Waals surface area contributed by atoms with Gasteiger partial charge in [0.15, 0.2) is 0 Å². The first-order valence-corrected chi connectivity index (χ1v) is 15.0. The van der Waals surface area contributed by atoms with Gasteiger partial charge in [0.1, 0.15) is 30.1 Å². The molecule has 1 saturated carbocycles. The van der Waals surface area contributed by atoms with Crippen molar-refractivity contribution in [2.45, 2.75) is 45.0 Å². The van der Waals surface area contributed by atoms with Crippen LogP contribution in [0.5, 0.6) is 11.6 Å². The van der Waals surface area contributed by atoms with Crippen LogP contribution >= 0.6 is 0 Å². The number of hydrogen-bond acceptors (Lipinski definition) is 6. The second-order valence-electron chi connectivity index (χ2n) is 9.67. The van der Waals surface area contributed by atoms with Crippen molar-refractivity contribution < 1.29 is 23.4 Å². The summed E-state index contributed by atoms with van der Waals surface area (Å²) in [7, 11) is 1.93. The van der Waals surface area contributed by atoms with E-state index >= 15 is 0 Å². The Hall–Kier alpha value is -2.98. The summed E-state index contributed by atoms with van der Waals surface area (Å²) in [5, 5.41) is 3.56. The van der Waals surface area contributed by atoms with E-state index in [1.165, 1.54) is 0 Å². The Morgan fingerprint density at radius 3 is 2.65 bits per heavy atom. The van der Waals surface area contributed by atoms with Crippen molar-refractivity contribution in [3.63, 3.8) is 0 Å². The summed E-state index contributed by atoms with van der Waals surface area (Å²) in [6, 6.07) is 6.41. The Balaban J connectivity index is 1.72. The van der Waals surface area contributed by atoms with E-state index in [0.29, 0.717) is 42.0 Å². The van der Waals surface area contributed by atoms with Gasteiger partial charge >= 0.3 is 0 Å². The highest BCUT2D eigenvalue weighted by Gasteiger charge is 2.43. The van der Waals surface area contributed by atoms with Gasteiger partial charge in [0.05, 0.1) is 25.7 Å². The molecule has 3 aromatic rings. The molecule has 2 atom stereocenters. The number of rotatable bonds is 10. The molecule has 182 valence electrons. The maximum Gasteiger partial charge on any atom is 0.231 e. The Morgan fingerprint density at radius 1 is 1.24 bits per heavy atom. The predicted molar refractivity (Wildman–Crippen MR) is 132 cm³/mol. The number of aromatic nitrogens is 3. The summed E-state index contributed by atoms with van der Waals surface area (Å²) in [5.41, 5.74) is 2.15. The van der Waals surface area contributed by atoms with Crippen LogP contribution in [-0.2, 0) is 16.3 Å². The average Bonchev–Trinajstić information content (AvgIpc) is 3.44. The minimum atomic E-state index is -1.23. The molecule has 0 aromatic carbocycles. The van der Waals surface area contributed by atoms with Crippen molar-refractivity contribution in [1.82, 2.24) is 14.5 Å². The first-order chi connectivity index (χ1) is 16.2. The lowest BCUT2D eigenvalue weighted by Crippen LogP contribution is -2.22. The molecule has 3 aromatic heterocycles. The zero-order valence-corrected chi connectivity index (χ0v) is 21.2. The van der Waals surface area contributed by atoms with Crippen LogP contribution in [-0.4, -0.2) is 55.5 Å². The summed E-state index contributed by atoms with van der Waals surface area (Å²) < 4.78 is 32.3. The molecule has 4 rings (SSSR count). The zero-order chi connectivity index (χ0) is 24.5. The van der Waals surface area contributed by atoms with Gasteiger partial charge in [-0.2, -0.15) is 0 Å². The standard InChI is InChI=1S/C24H31FN4O4Si/c1-31-19-8-9-26-24(32-2)21(19)17-13-29(14-33-10-11-34(3,4)5)22-15(17)6-7-20(27-22)28-23(30)16-12-18(16)25/h6-9,13,16,18H,10-12,14H2,1-5H3,(H,27,28,30). The van der Waals surface area contributed by atoms with Crippen LogP contribution in [0.25, 0.3) is 22.2 Å². The number of hydrogen-bond donors (Lipinski definition) is 1. The highest BCUT2D eigenvalue weighted by Crippen LogP contribution is 2.41. The molecule has 2 unspecified atom stereocenters. The van der Waals surface area contributed by atoms with Crippen molar-refractivity contribution in [2.24, 2.45) is 5.92 Å². The molecular weight excluding hydrogens is 455 g/mol. The second kappa shape index (κ2) is 9.71. The van der Waals surface area contributed by atoms with Crippen LogP contribution in [0.1, 0.15) is 6.42 Å². The third-order valence-electron chi connectivity index (χ3n) is 5.81. The summed E-state index contributed by atoms with van der Waals surface area (Å²) >= 11 is 0. The lowest BCUT2D eigenvalue weighted by molar-refractivity contribution is -0.117. The molecule has 8 nitrogen and oxygen atoms in total. The van der Waals surface area contributed by atoms with E-state index in [1.807, 2.05) is 16.8 Å². The molecule has 34 heavy (non-hydrogen) atoms. The Labute approximate surface area is 199 Å². The highest BCUT2D eigenvalue weighted by atomic mass is 28.3. The fraction of sp³-hybridized carbons (Fsp3) is 0.458. The van der Waals surface area contributed by atoms with Gasteiger partial charge in [-0.15, -0.1) is 0 Å². The van der Waals surface area contributed by atoms with E-state index in [-0.39, 0.29) is 12.3 Å². The number of pyridine rings is 2. The number of carbonyl (C=O) groups is 1. The molecule has 10 heteroatoms.